The Bertz CT molecular complexity index is 916. The fourth-order valence-electron chi connectivity index (χ4n) is 4.50. The van der Waals surface area contributed by atoms with Crippen LogP contribution in [0.4, 0.5) is 0 Å². The molecule has 0 bridgehead atoms. The van der Waals surface area contributed by atoms with Gasteiger partial charge in [0.1, 0.15) is 6.04 Å². The van der Waals surface area contributed by atoms with Gasteiger partial charge in [-0.2, -0.15) is 0 Å². The smallest absolute Gasteiger partial charge is 0.241 e. The van der Waals surface area contributed by atoms with Crippen molar-refractivity contribution in [3.63, 3.8) is 0 Å². The third kappa shape index (κ3) is 4.67. The van der Waals surface area contributed by atoms with Gasteiger partial charge >= 0.3 is 0 Å². The first kappa shape index (κ1) is 22.4. The van der Waals surface area contributed by atoms with E-state index >= 15 is 0 Å². The quantitative estimate of drug-likeness (QED) is 0.682. The van der Waals surface area contributed by atoms with Gasteiger partial charge in [-0.15, -0.1) is 0 Å². The number of hydrogen-bond donors (Lipinski definition) is 2. The second kappa shape index (κ2) is 10.2. The van der Waals surface area contributed by atoms with Crippen LogP contribution in [-0.2, 0) is 11.3 Å². The minimum Gasteiger partial charge on any atom is -0.493 e. The molecule has 0 aliphatic carbocycles. The van der Waals surface area contributed by atoms with Crippen molar-refractivity contribution >= 4 is 5.91 Å². The molecule has 2 aromatic rings. The summed E-state index contributed by atoms with van der Waals surface area (Å²) < 4.78 is 16.5. The van der Waals surface area contributed by atoms with Gasteiger partial charge in [-0.05, 0) is 18.1 Å². The van der Waals surface area contributed by atoms with Crippen molar-refractivity contribution in [2.45, 2.75) is 25.0 Å². The van der Waals surface area contributed by atoms with Crippen LogP contribution in [0.1, 0.15) is 23.6 Å². The Hall–Kier alpha value is -2.81. The predicted octanol–water partition coefficient (Wildman–Crippen LogP) is 1.96. The summed E-state index contributed by atoms with van der Waals surface area (Å²) in [5.41, 5.74) is 8.71. The van der Waals surface area contributed by atoms with Crippen LogP contribution in [0.3, 0.4) is 0 Å². The van der Waals surface area contributed by atoms with Crippen LogP contribution >= 0.6 is 0 Å². The lowest BCUT2D eigenvalue weighted by molar-refractivity contribution is -0.135. The summed E-state index contributed by atoms with van der Waals surface area (Å²) in [7, 11) is 4.87. The lowest BCUT2D eigenvalue weighted by Crippen LogP contribution is -2.53. The fourth-order valence-corrected chi connectivity index (χ4v) is 4.50. The Morgan fingerprint density at radius 1 is 0.906 bits per heavy atom. The van der Waals surface area contributed by atoms with Gasteiger partial charge in [-0.25, -0.2) is 10.9 Å². The minimum atomic E-state index is -0.197. The number of hydrogen-bond acceptors (Lipinski definition) is 7. The summed E-state index contributed by atoms with van der Waals surface area (Å²) in [4.78, 5) is 17.4. The number of piperazine rings is 1. The Morgan fingerprint density at radius 3 is 2.28 bits per heavy atom. The van der Waals surface area contributed by atoms with Crippen molar-refractivity contribution in [3.05, 3.63) is 53.6 Å². The van der Waals surface area contributed by atoms with Crippen molar-refractivity contribution in [2.24, 2.45) is 0 Å². The van der Waals surface area contributed by atoms with Gasteiger partial charge in [0.05, 0.1) is 21.3 Å². The summed E-state index contributed by atoms with van der Waals surface area (Å²) >= 11 is 0. The third-order valence-corrected chi connectivity index (χ3v) is 6.27. The van der Waals surface area contributed by atoms with Gasteiger partial charge in [-0.1, -0.05) is 36.4 Å². The van der Waals surface area contributed by atoms with Crippen molar-refractivity contribution in [1.29, 1.82) is 0 Å². The molecule has 172 valence electrons. The molecule has 2 aliphatic rings. The molecule has 2 aliphatic heterocycles. The molecule has 0 spiro atoms. The highest BCUT2D eigenvalue weighted by Gasteiger charge is 2.34. The molecule has 0 radical (unpaired) electrons. The number of benzene rings is 2. The van der Waals surface area contributed by atoms with E-state index in [1.165, 1.54) is 5.56 Å². The summed E-state index contributed by atoms with van der Waals surface area (Å²) in [6.07, 6.45) is 0.756. The minimum absolute atomic E-state index is 0.156. The van der Waals surface area contributed by atoms with E-state index < -0.39 is 0 Å². The SMILES string of the molecule is COc1ccc(CN2CCN(C(=O)C3CC(c4ccccc4)NN3)CC2)c(OC)c1OC. The average molecular weight is 441 g/mol. The number of carbonyl (C=O) groups excluding carboxylic acids is 1. The number of nitrogens with zero attached hydrogens (tertiary/aromatic N) is 2. The van der Waals surface area contributed by atoms with Crippen LogP contribution in [-0.4, -0.2) is 69.3 Å². The molecule has 2 fully saturated rings. The first-order valence-corrected chi connectivity index (χ1v) is 11.0. The zero-order valence-corrected chi connectivity index (χ0v) is 19.0. The lowest BCUT2D eigenvalue weighted by atomic mass is 10.0. The van der Waals surface area contributed by atoms with E-state index in [0.717, 1.165) is 31.6 Å². The molecule has 8 heteroatoms. The molecule has 2 aromatic carbocycles. The number of amides is 1. The van der Waals surface area contributed by atoms with Crippen LogP contribution in [0.5, 0.6) is 17.2 Å². The van der Waals surface area contributed by atoms with Crippen LogP contribution in [0.25, 0.3) is 0 Å². The number of methoxy groups -OCH3 is 3. The van der Waals surface area contributed by atoms with Gasteiger partial charge in [0, 0.05) is 44.3 Å². The lowest BCUT2D eigenvalue weighted by Gasteiger charge is -2.36. The predicted molar refractivity (Wildman–Crippen MR) is 122 cm³/mol. The van der Waals surface area contributed by atoms with E-state index in [9.17, 15) is 4.79 Å². The standard InChI is InChI=1S/C24H32N4O4/c1-30-21-10-9-18(22(31-2)23(21)32-3)16-27-11-13-28(14-12-27)24(29)20-15-19(25-26-20)17-7-5-4-6-8-17/h4-10,19-20,25-26H,11-16H2,1-3H3. The molecule has 1 amide bonds. The molecular formula is C24H32N4O4. The highest BCUT2D eigenvalue weighted by atomic mass is 16.5. The molecule has 4 rings (SSSR count). The largest absolute Gasteiger partial charge is 0.493 e. The maximum atomic E-state index is 13.1. The van der Waals surface area contributed by atoms with E-state index in [1.54, 1.807) is 21.3 Å². The maximum absolute atomic E-state index is 13.1. The number of nitrogens with one attached hydrogen (secondary N) is 2. The molecule has 32 heavy (non-hydrogen) atoms. The number of hydrazine groups is 1. The number of ether oxygens (including phenoxy) is 3. The zero-order valence-electron chi connectivity index (χ0n) is 19.0. The summed E-state index contributed by atoms with van der Waals surface area (Å²) in [6, 6.07) is 14.1. The Kier molecular flexibility index (Phi) is 7.14. The molecule has 2 heterocycles. The van der Waals surface area contributed by atoms with Crippen molar-refractivity contribution in [3.8, 4) is 17.2 Å². The second-order valence-corrected chi connectivity index (χ2v) is 8.14. The summed E-state index contributed by atoms with van der Waals surface area (Å²) in [5.74, 6) is 2.11. The van der Waals surface area contributed by atoms with E-state index in [1.807, 2.05) is 35.2 Å². The van der Waals surface area contributed by atoms with Crippen LogP contribution in [0, 0.1) is 0 Å². The highest BCUT2D eigenvalue weighted by Crippen LogP contribution is 2.40. The number of rotatable bonds is 7. The zero-order chi connectivity index (χ0) is 22.5. The summed E-state index contributed by atoms with van der Waals surface area (Å²) in [5, 5.41) is 0. The van der Waals surface area contributed by atoms with Gasteiger partial charge < -0.3 is 19.1 Å². The van der Waals surface area contributed by atoms with Crippen molar-refractivity contribution in [2.75, 3.05) is 47.5 Å². The van der Waals surface area contributed by atoms with E-state index in [-0.39, 0.29) is 18.0 Å². The molecule has 8 nitrogen and oxygen atoms in total. The molecule has 2 saturated heterocycles. The van der Waals surface area contributed by atoms with E-state index in [0.29, 0.717) is 30.3 Å². The molecule has 2 N–H and O–H groups in total. The van der Waals surface area contributed by atoms with Gasteiger partial charge in [-0.3, -0.25) is 9.69 Å². The highest BCUT2D eigenvalue weighted by molar-refractivity contribution is 5.82. The first-order valence-electron chi connectivity index (χ1n) is 11.0. The Labute approximate surface area is 189 Å². The topological polar surface area (TPSA) is 75.3 Å². The van der Waals surface area contributed by atoms with E-state index in [2.05, 4.69) is 27.9 Å². The second-order valence-electron chi connectivity index (χ2n) is 8.14. The third-order valence-electron chi connectivity index (χ3n) is 6.27. The van der Waals surface area contributed by atoms with Crippen molar-refractivity contribution in [1.82, 2.24) is 20.7 Å². The van der Waals surface area contributed by atoms with Crippen LogP contribution < -0.4 is 25.1 Å². The van der Waals surface area contributed by atoms with Crippen LogP contribution in [0.2, 0.25) is 0 Å². The summed E-state index contributed by atoms with van der Waals surface area (Å²) in [6.45, 7) is 3.77. The van der Waals surface area contributed by atoms with Gasteiger partial charge in [0.25, 0.3) is 0 Å². The average Bonchev–Trinajstić information content (AvgIpc) is 3.34. The maximum Gasteiger partial charge on any atom is 0.241 e. The van der Waals surface area contributed by atoms with Gasteiger partial charge in [0.2, 0.25) is 11.7 Å². The normalized spacial score (nSPS) is 21.4. The Morgan fingerprint density at radius 2 is 1.62 bits per heavy atom. The number of carbonyl (C=O) groups is 1. The van der Waals surface area contributed by atoms with E-state index in [4.69, 9.17) is 14.2 Å². The Balaban J connectivity index is 1.32. The first-order chi connectivity index (χ1) is 15.6. The molecule has 0 aromatic heterocycles. The van der Waals surface area contributed by atoms with Crippen molar-refractivity contribution < 1.29 is 19.0 Å². The monoisotopic (exact) mass is 440 g/mol. The molecular weight excluding hydrogens is 408 g/mol. The van der Waals surface area contributed by atoms with Gasteiger partial charge in [0.15, 0.2) is 11.5 Å². The molecule has 2 unspecified atom stereocenters. The fraction of sp³-hybridized carbons (Fsp3) is 0.458. The molecule has 2 atom stereocenters. The van der Waals surface area contributed by atoms with Crippen LogP contribution in [0.15, 0.2) is 42.5 Å². The molecule has 0 saturated carbocycles.